The fourth-order valence-corrected chi connectivity index (χ4v) is 2.35. The summed E-state index contributed by atoms with van der Waals surface area (Å²) < 4.78 is 0. The Morgan fingerprint density at radius 2 is 1.89 bits per heavy atom. The van der Waals surface area contributed by atoms with Gasteiger partial charge in [-0.25, -0.2) is 9.97 Å². The first-order valence-electron chi connectivity index (χ1n) is 7.02. The Morgan fingerprint density at radius 1 is 1.21 bits per heavy atom. The Bertz CT molecular complexity index is 412. The van der Waals surface area contributed by atoms with E-state index in [0.717, 1.165) is 49.8 Å². The van der Waals surface area contributed by atoms with Gasteiger partial charge in [0, 0.05) is 50.0 Å². The zero-order chi connectivity index (χ0) is 13.8. The summed E-state index contributed by atoms with van der Waals surface area (Å²) in [6.45, 7) is 11.9. The van der Waals surface area contributed by atoms with Crippen molar-refractivity contribution in [2.45, 2.75) is 26.8 Å². The lowest BCUT2D eigenvalue weighted by Crippen LogP contribution is -2.49. The molecule has 1 atom stereocenters. The molecule has 0 bridgehead atoms. The van der Waals surface area contributed by atoms with E-state index < -0.39 is 0 Å². The van der Waals surface area contributed by atoms with Crippen molar-refractivity contribution in [3.05, 3.63) is 17.6 Å². The van der Waals surface area contributed by atoms with Crippen LogP contribution in [0, 0.1) is 13.8 Å². The van der Waals surface area contributed by atoms with E-state index in [2.05, 4.69) is 46.0 Å². The quantitative estimate of drug-likeness (QED) is 0.882. The van der Waals surface area contributed by atoms with Crippen molar-refractivity contribution in [3.8, 4) is 0 Å². The molecule has 0 amide bonds. The number of aryl methyl sites for hydroxylation is 1. The van der Waals surface area contributed by atoms with Crippen LogP contribution in [0.1, 0.15) is 18.2 Å². The summed E-state index contributed by atoms with van der Waals surface area (Å²) in [6.07, 6.45) is 1.63. The van der Waals surface area contributed by atoms with Gasteiger partial charge in [-0.1, -0.05) is 0 Å². The summed E-state index contributed by atoms with van der Waals surface area (Å²) in [5.74, 6) is 0.966. The topological polar surface area (TPSA) is 44.3 Å². The Kier molecular flexibility index (Phi) is 4.71. The molecular formula is C14H25N5. The Morgan fingerprint density at radius 3 is 2.58 bits per heavy atom. The summed E-state index contributed by atoms with van der Waals surface area (Å²) in [7, 11) is 2.19. The minimum atomic E-state index is 0.531. The van der Waals surface area contributed by atoms with Crippen molar-refractivity contribution >= 4 is 5.82 Å². The van der Waals surface area contributed by atoms with Crippen LogP contribution in [0.3, 0.4) is 0 Å². The van der Waals surface area contributed by atoms with Crippen LogP contribution >= 0.6 is 0 Å². The first-order chi connectivity index (χ1) is 9.08. The van der Waals surface area contributed by atoms with Crippen molar-refractivity contribution in [3.63, 3.8) is 0 Å². The molecule has 1 fully saturated rings. The fourth-order valence-electron chi connectivity index (χ4n) is 2.35. The van der Waals surface area contributed by atoms with Gasteiger partial charge >= 0.3 is 0 Å². The molecule has 5 heteroatoms. The van der Waals surface area contributed by atoms with Gasteiger partial charge < -0.3 is 10.2 Å². The summed E-state index contributed by atoms with van der Waals surface area (Å²) >= 11 is 0. The molecule has 0 aliphatic carbocycles. The summed E-state index contributed by atoms with van der Waals surface area (Å²) in [4.78, 5) is 13.4. The first kappa shape index (κ1) is 14.2. The van der Waals surface area contributed by atoms with Crippen LogP contribution in [0.5, 0.6) is 0 Å². The molecule has 2 heterocycles. The second kappa shape index (κ2) is 6.30. The van der Waals surface area contributed by atoms with E-state index in [1.807, 2.05) is 6.92 Å². The van der Waals surface area contributed by atoms with Crippen LogP contribution in [0.25, 0.3) is 0 Å². The van der Waals surface area contributed by atoms with Crippen molar-refractivity contribution < 1.29 is 0 Å². The Balaban J connectivity index is 1.86. The molecule has 0 spiro atoms. The van der Waals surface area contributed by atoms with Crippen molar-refractivity contribution in [1.82, 2.24) is 19.8 Å². The third-order valence-corrected chi connectivity index (χ3v) is 4.06. The highest BCUT2D eigenvalue weighted by atomic mass is 15.3. The molecule has 0 unspecified atom stereocenters. The smallest absolute Gasteiger partial charge is 0.132 e. The van der Waals surface area contributed by atoms with Crippen LogP contribution < -0.4 is 5.32 Å². The minimum Gasteiger partial charge on any atom is -0.368 e. The monoisotopic (exact) mass is 263 g/mol. The third-order valence-electron chi connectivity index (χ3n) is 4.06. The van der Waals surface area contributed by atoms with E-state index in [-0.39, 0.29) is 0 Å². The first-order valence-corrected chi connectivity index (χ1v) is 7.02. The zero-order valence-electron chi connectivity index (χ0n) is 12.5. The second-order valence-corrected chi connectivity index (χ2v) is 5.50. The fraction of sp³-hybridized carbons (Fsp3) is 0.714. The average molecular weight is 263 g/mol. The molecule has 0 radical (unpaired) electrons. The van der Waals surface area contributed by atoms with Gasteiger partial charge in [-0.3, -0.25) is 4.90 Å². The van der Waals surface area contributed by atoms with Gasteiger partial charge in [0.15, 0.2) is 0 Å². The zero-order valence-corrected chi connectivity index (χ0v) is 12.5. The lowest BCUT2D eigenvalue weighted by atomic mass is 10.2. The van der Waals surface area contributed by atoms with Crippen LogP contribution in [-0.2, 0) is 0 Å². The highest BCUT2D eigenvalue weighted by molar-refractivity contribution is 5.44. The van der Waals surface area contributed by atoms with Gasteiger partial charge in [-0.15, -0.1) is 0 Å². The standard InChI is InChI=1S/C14H25N5/c1-11(19-7-5-18(4)6-8-19)9-15-14-12(2)13(3)16-10-17-14/h10-11H,5-9H2,1-4H3,(H,15,16,17)/t11-/m0/s1. The molecule has 0 saturated carbocycles. The molecule has 1 aromatic heterocycles. The van der Waals surface area contributed by atoms with E-state index in [9.17, 15) is 0 Å². The van der Waals surface area contributed by atoms with Gasteiger partial charge in [0.25, 0.3) is 0 Å². The second-order valence-electron chi connectivity index (χ2n) is 5.50. The molecule has 19 heavy (non-hydrogen) atoms. The largest absolute Gasteiger partial charge is 0.368 e. The van der Waals surface area contributed by atoms with Crippen LogP contribution in [-0.4, -0.2) is 65.6 Å². The van der Waals surface area contributed by atoms with Crippen molar-refractivity contribution in [2.75, 3.05) is 45.1 Å². The van der Waals surface area contributed by atoms with Crippen LogP contribution in [0.4, 0.5) is 5.82 Å². The number of nitrogens with one attached hydrogen (secondary N) is 1. The third kappa shape index (κ3) is 3.64. The summed E-state index contributed by atoms with van der Waals surface area (Å²) in [6, 6.07) is 0.531. The summed E-state index contributed by atoms with van der Waals surface area (Å²) in [5, 5.41) is 3.46. The minimum absolute atomic E-state index is 0.531. The van der Waals surface area contributed by atoms with E-state index >= 15 is 0 Å². The van der Waals surface area contributed by atoms with Gasteiger partial charge in [-0.2, -0.15) is 0 Å². The molecule has 1 saturated heterocycles. The number of anilines is 1. The molecule has 1 aliphatic heterocycles. The number of aromatic nitrogens is 2. The molecule has 1 aliphatic rings. The predicted molar refractivity (Wildman–Crippen MR) is 78.5 cm³/mol. The highest BCUT2D eigenvalue weighted by Gasteiger charge is 2.19. The molecule has 0 aromatic carbocycles. The maximum atomic E-state index is 4.32. The van der Waals surface area contributed by atoms with E-state index in [1.165, 1.54) is 0 Å². The van der Waals surface area contributed by atoms with Gasteiger partial charge in [0.2, 0.25) is 0 Å². The highest BCUT2D eigenvalue weighted by Crippen LogP contribution is 2.13. The SMILES string of the molecule is Cc1ncnc(NC[C@H](C)N2CCN(C)CC2)c1C. The van der Waals surface area contributed by atoms with Gasteiger partial charge in [-0.05, 0) is 27.8 Å². The van der Waals surface area contributed by atoms with E-state index in [1.54, 1.807) is 6.33 Å². The molecule has 5 nitrogen and oxygen atoms in total. The number of hydrogen-bond donors (Lipinski definition) is 1. The number of rotatable bonds is 4. The van der Waals surface area contributed by atoms with E-state index in [4.69, 9.17) is 0 Å². The van der Waals surface area contributed by atoms with Crippen molar-refractivity contribution in [1.29, 1.82) is 0 Å². The van der Waals surface area contributed by atoms with Gasteiger partial charge in [0.1, 0.15) is 12.1 Å². The Labute approximate surface area is 116 Å². The maximum Gasteiger partial charge on any atom is 0.132 e. The van der Waals surface area contributed by atoms with Gasteiger partial charge in [0.05, 0.1) is 0 Å². The number of hydrogen-bond acceptors (Lipinski definition) is 5. The molecular weight excluding hydrogens is 238 g/mol. The van der Waals surface area contributed by atoms with E-state index in [0.29, 0.717) is 6.04 Å². The maximum absolute atomic E-state index is 4.32. The predicted octanol–water partition coefficient (Wildman–Crippen LogP) is 1.14. The molecule has 1 N–H and O–H groups in total. The normalized spacial score (nSPS) is 19.4. The van der Waals surface area contributed by atoms with Crippen LogP contribution in [0.2, 0.25) is 0 Å². The van der Waals surface area contributed by atoms with Crippen LogP contribution in [0.15, 0.2) is 6.33 Å². The lowest BCUT2D eigenvalue weighted by molar-refractivity contribution is 0.123. The lowest BCUT2D eigenvalue weighted by Gasteiger charge is -2.36. The Hall–Kier alpha value is -1.20. The summed E-state index contributed by atoms with van der Waals surface area (Å²) in [5.41, 5.74) is 2.19. The molecule has 106 valence electrons. The average Bonchev–Trinajstić information content (AvgIpc) is 2.41. The number of piperazine rings is 1. The number of likely N-dealkylation sites (N-methyl/N-ethyl adjacent to an activating group) is 1. The number of nitrogens with zero attached hydrogens (tertiary/aromatic N) is 4. The molecule has 2 rings (SSSR count). The molecule has 1 aromatic rings. The van der Waals surface area contributed by atoms with Crippen molar-refractivity contribution in [2.24, 2.45) is 0 Å².